The summed E-state index contributed by atoms with van der Waals surface area (Å²) < 4.78 is 5.21. The van der Waals surface area contributed by atoms with Gasteiger partial charge in [-0.15, -0.1) is 0 Å². The van der Waals surface area contributed by atoms with E-state index in [2.05, 4.69) is 10.3 Å². The molecule has 9 heteroatoms. The number of ether oxygens (including phenoxy) is 1. The van der Waals surface area contributed by atoms with Gasteiger partial charge in [-0.3, -0.25) is 14.5 Å². The third-order valence-electron chi connectivity index (χ3n) is 3.56. The SMILES string of the molecule is Cc1ccc(NC(=O)CN2C(=O)COc3ccc([N+](=O)[O-])nc32)cc1. The first-order valence-corrected chi connectivity index (χ1v) is 7.39. The van der Waals surface area contributed by atoms with Crippen LogP contribution < -0.4 is 15.0 Å². The average molecular weight is 342 g/mol. The van der Waals surface area contributed by atoms with Gasteiger partial charge in [-0.1, -0.05) is 17.7 Å². The van der Waals surface area contributed by atoms with E-state index < -0.39 is 22.6 Å². The minimum atomic E-state index is -0.677. The third kappa shape index (κ3) is 3.55. The molecule has 0 aliphatic carbocycles. The van der Waals surface area contributed by atoms with Crippen molar-refractivity contribution in [1.82, 2.24) is 4.98 Å². The highest BCUT2D eigenvalue weighted by Crippen LogP contribution is 2.31. The van der Waals surface area contributed by atoms with Crippen molar-refractivity contribution in [2.24, 2.45) is 0 Å². The van der Waals surface area contributed by atoms with E-state index in [1.54, 1.807) is 12.1 Å². The summed E-state index contributed by atoms with van der Waals surface area (Å²) in [6.45, 7) is 1.34. The average Bonchev–Trinajstić information content (AvgIpc) is 2.59. The van der Waals surface area contributed by atoms with E-state index in [9.17, 15) is 19.7 Å². The molecule has 1 aromatic heterocycles. The van der Waals surface area contributed by atoms with E-state index in [4.69, 9.17) is 4.74 Å². The van der Waals surface area contributed by atoms with Crippen LogP contribution >= 0.6 is 0 Å². The number of amides is 2. The van der Waals surface area contributed by atoms with Crippen LogP contribution in [0.2, 0.25) is 0 Å². The van der Waals surface area contributed by atoms with Crippen LogP contribution in [0.25, 0.3) is 0 Å². The van der Waals surface area contributed by atoms with Crippen molar-refractivity contribution in [2.75, 3.05) is 23.4 Å². The Kier molecular flexibility index (Phi) is 4.29. The summed E-state index contributed by atoms with van der Waals surface area (Å²) in [5.41, 5.74) is 1.63. The topological polar surface area (TPSA) is 115 Å². The summed E-state index contributed by atoms with van der Waals surface area (Å²) in [5, 5.41) is 13.6. The first-order valence-electron chi connectivity index (χ1n) is 7.39. The predicted molar refractivity (Wildman–Crippen MR) is 88.5 cm³/mol. The maximum absolute atomic E-state index is 12.2. The van der Waals surface area contributed by atoms with Crippen LogP contribution in [-0.4, -0.2) is 34.9 Å². The maximum atomic E-state index is 12.2. The Morgan fingerprint density at radius 3 is 2.72 bits per heavy atom. The molecule has 1 aromatic carbocycles. The molecule has 0 saturated heterocycles. The lowest BCUT2D eigenvalue weighted by molar-refractivity contribution is -0.389. The number of nitrogens with zero attached hydrogens (tertiary/aromatic N) is 3. The van der Waals surface area contributed by atoms with Crippen molar-refractivity contribution in [3.63, 3.8) is 0 Å². The zero-order valence-electron chi connectivity index (χ0n) is 13.3. The highest BCUT2D eigenvalue weighted by Gasteiger charge is 2.33. The number of benzene rings is 1. The molecule has 25 heavy (non-hydrogen) atoms. The predicted octanol–water partition coefficient (Wildman–Crippen LogP) is 1.66. The fraction of sp³-hybridized carbons (Fsp3) is 0.188. The molecule has 0 radical (unpaired) electrons. The molecule has 0 atom stereocenters. The van der Waals surface area contributed by atoms with Crippen LogP contribution in [0.5, 0.6) is 5.75 Å². The number of nitrogens with one attached hydrogen (secondary N) is 1. The highest BCUT2D eigenvalue weighted by atomic mass is 16.6. The molecule has 2 aromatic rings. The number of carbonyl (C=O) groups excluding carboxylic acids is 2. The maximum Gasteiger partial charge on any atom is 0.366 e. The molecule has 0 saturated carbocycles. The number of aromatic nitrogens is 1. The van der Waals surface area contributed by atoms with Crippen molar-refractivity contribution in [3.8, 4) is 5.75 Å². The fourth-order valence-electron chi connectivity index (χ4n) is 2.31. The minimum Gasteiger partial charge on any atom is -0.477 e. The van der Waals surface area contributed by atoms with Crippen molar-refractivity contribution < 1.29 is 19.2 Å². The standard InChI is InChI=1S/C16H14N4O5/c1-10-2-4-11(5-3-10)17-14(21)8-19-15(22)9-25-12-6-7-13(20(23)24)18-16(12)19/h2-7H,8-9H2,1H3,(H,17,21). The van der Waals surface area contributed by atoms with Gasteiger partial charge in [-0.25, -0.2) is 0 Å². The molecule has 128 valence electrons. The number of nitro groups is 1. The number of pyridine rings is 1. The van der Waals surface area contributed by atoms with E-state index in [1.807, 2.05) is 19.1 Å². The largest absolute Gasteiger partial charge is 0.477 e. The molecule has 2 heterocycles. The van der Waals surface area contributed by atoms with Crippen LogP contribution in [0.1, 0.15) is 5.56 Å². The van der Waals surface area contributed by atoms with Crippen molar-refractivity contribution in [1.29, 1.82) is 0 Å². The lowest BCUT2D eigenvalue weighted by Crippen LogP contribution is -2.44. The molecule has 3 rings (SSSR count). The van der Waals surface area contributed by atoms with E-state index in [0.717, 1.165) is 10.5 Å². The number of carbonyl (C=O) groups is 2. The third-order valence-corrected chi connectivity index (χ3v) is 3.56. The van der Waals surface area contributed by atoms with Crippen molar-refractivity contribution >= 4 is 29.1 Å². The van der Waals surface area contributed by atoms with Gasteiger partial charge in [-0.2, -0.15) is 0 Å². The Bertz CT molecular complexity index is 850. The Morgan fingerprint density at radius 1 is 1.32 bits per heavy atom. The molecule has 1 N–H and O–H groups in total. The van der Waals surface area contributed by atoms with E-state index in [0.29, 0.717) is 5.69 Å². The zero-order valence-corrected chi connectivity index (χ0v) is 13.3. The Hall–Kier alpha value is -3.49. The van der Waals surface area contributed by atoms with Gasteiger partial charge in [0.05, 0.1) is 0 Å². The number of aryl methyl sites for hydroxylation is 1. The summed E-state index contributed by atoms with van der Waals surface area (Å²) in [5.74, 6) is -1.20. The second kappa shape index (κ2) is 6.56. The number of hydrogen-bond donors (Lipinski definition) is 1. The smallest absolute Gasteiger partial charge is 0.366 e. The van der Waals surface area contributed by atoms with Crippen LogP contribution in [0.4, 0.5) is 17.3 Å². The minimum absolute atomic E-state index is 0.0375. The molecular weight excluding hydrogens is 328 g/mol. The van der Waals surface area contributed by atoms with Gasteiger partial charge in [0.2, 0.25) is 5.91 Å². The number of anilines is 2. The highest BCUT2D eigenvalue weighted by molar-refractivity contribution is 6.04. The summed E-state index contributed by atoms with van der Waals surface area (Å²) in [7, 11) is 0. The van der Waals surface area contributed by atoms with Gasteiger partial charge in [0.1, 0.15) is 6.54 Å². The van der Waals surface area contributed by atoms with Gasteiger partial charge < -0.3 is 20.2 Å². The van der Waals surface area contributed by atoms with Crippen LogP contribution in [0.15, 0.2) is 36.4 Å². The van der Waals surface area contributed by atoms with E-state index in [-0.39, 0.29) is 24.7 Å². The molecule has 0 spiro atoms. The van der Waals surface area contributed by atoms with Gasteiger partial charge in [0, 0.05) is 11.8 Å². The van der Waals surface area contributed by atoms with Gasteiger partial charge in [0.15, 0.2) is 12.4 Å². The molecule has 9 nitrogen and oxygen atoms in total. The molecule has 0 fully saturated rings. The summed E-state index contributed by atoms with van der Waals surface area (Å²) in [6.07, 6.45) is 0. The van der Waals surface area contributed by atoms with Crippen LogP contribution in [0.3, 0.4) is 0 Å². The number of hydrogen-bond acceptors (Lipinski definition) is 6. The number of rotatable bonds is 4. The lowest BCUT2D eigenvalue weighted by Gasteiger charge is -2.24. The normalized spacial score (nSPS) is 13.0. The Labute approximate surface area is 142 Å². The van der Waals surface area contributed by atoms with Crippen molar-refractivity contribution in [3.05, 3.63) is 52.1 Å². The first kappa shape index (κ1) is 16.4. The fourth-order valence-corrected chi connectivity index (χ4v) is 2.31. The van der Waals surface area contributed by atoms with E-state index >= 15 is 0 Å². The lowest BCUT2D eigenvalue weighted by atomic mass is 10.2. The monoisotopic (exact) mass is 342 g/mol. The summed E-state index contributed by atoms with van der Waals surface area (Å²) in [6, 6.07) is 9.71. The summed E-state index contributed by atoms with van der Waals surface area (Å²) >= 11 is 0. The van der Waals surface area contributed by atoms with Gasteiger partial charge in [-0.05, 0) is 35.0 Å². The van der Waals surface area contributed by atoms with Crippen LogP contribution in [0, 0.1) is 17.0 Å². The van der Waals surface area contributed by atoms with Crippen molar-refractivity contribution in [2.45, 2.75) is 6.92 Å². The molecule has 0 unspecified atom stereocenters. The number of fused-ring (bicyclic) bond motifs is 1. The molecule has 1 aliphatic rings. The Balaban J connectivity index is 1.81. The second-order valence-corrected chi connectivity index (χ2v) is 5.43. The molecule has 2 amide bonds. The second-order valence-electron chi connectivity index (χ2n) is 5.43. The van der Waals surface area contributed by atoms with Gasteiger partial charge >= 0.3 is 5.82 Å². The van der Waals surface area contributed by atoms with E-state index in [1.165, 1.54) is 12.1 Å². The first-order chi connectivity index (χ1) is 11.9. The quantitative estimate of drug-likeness (QED) is 0.667. The molecule has 0 bridgehead atoms. The zero-order chi connectivity index (χ0) is 18.0. The molecule has 1 aliphatic heterocycles. The van der Waals surface area contributed by atoms with Crippen LogP contribution in [-0.2, 0) is 9.59 Å². The van der Waals surface area contributed by atoms with Gasteiger partial charge in [0.25, 0.3) is 11.7 Å². The summed E-state index contributed by atoms with van der Waals surface area (Å²) in [4.78, 5) is 39.4. The molecular formula is C16H14N4O5. The Morgan fingerprint density at radius 2 is 2.04 bits per heavy atom.